The summed E-state index contributed by atoms with van der Waals surface area (Å²) in [4.78, 5) is 0. The van der Waals surface area contributed by atoms with Gasteiger partial charge in [0.05, 0.1) is 8.07 Å². The number of nitrogens with two attached hydrogens (primary N) is 1. The van der Waals surface area contributed by atoms with E-state index < -0.39 is 8.07 Å². The van der Waals surface area contributed by atoms with Crippen molar-refractivity contribution in [2.45, 2.75) is 19.6 Å². The predicted molar refractivity (Wildman–Crippen MR) is 105 cm³/mol. The summed E-state index contributed by atoms with van der Waals surface area (Å²) in [6.07, 6.45) is 0. The molecule has 0 amide bonds. The van der Waals surface area contributed by atoms with Gasteiger partial charge in [-0.15, -0.1) is 0 Å². The highest BCUT2D eigenvalue weighted by Gasteiger charge is 2.16. The number of anilines is 1. The Kier molecular flexibility index (Phi) is 4.10. The van der Waals surface area contributed by atoms with Crippen molar-refractivity contribution in [2.24, 2.45) is 0 Å². The third-order valence-corrected chi connectivity index (χ3v) is 6.31. The summed E-state index contributed by atoms with van der Waals surface area (Å²) in [5.74, 6) is 0. The number of rotatable bonds is 3. The van der Waals surface area contributed by atoms with Crippen LogP contribution < -0.4 is 10.9 Å². The van der Waals surface area contributed by atoms with Crippen LogP contribution in [0.1, 0.15) is 0 Å². The number of hydrogen-bond donors (Lipinski definition) is 1. The number of hydrogen-bond acceptors (Lipinski definition) is 1. The number of benzene rings is 3. The van der Waals surface area contributed by atoms with Crippen molar-refractivity contribution in [3.05, 3.63) is 72.8 Å². The van der Waals surface area contributed by atoms with E-state index in [-0.39, 0.29) is 0 Å². The zero-order chi connectivity index (χ0) is 16.4. The molecule has 0 saturated carbocycles. The van der Waals surface area contributed by atoms with E-state index >= 15 is 0 Å². The van der Waals surface area contributed by atoms with E-state index in [4.69, 9.17) is 5.73 Å². The molecule has 0 bridgehead atoms. The molecular weight excluding hydrogens is 294 g/mol. The van der Waals surface area contributed by atoms with Crippen LogP contribution in [0.15, 0.2) is 72.8 Å². The Balaban J connectivity index is 2.10. The predicted octanol–water partition coefficient (Wildman–Crippen LogP) is 5.15. The molecule has 0 saturated heterocycles. The van der Waals surface area contributed by atoms with Crippen LogP contribution in [0.4, 0.5) is 5.69 Å². The van der Waals surface area contributed by atoms with Gasteiger partial charge in [0, 0.05) is 11.3 Å². The van der Waals surface area contributed by atoms with Crippen LogP contribution in [0.25, 0.3) is 22.3 Å². The Morgan fingerprint density at radius 3 is 1.70 bits per heavy atom. The molecule has 0 heterocycles. The van der Waals surface area contributed by atoms with Gasteiger partial charge in [-0.1, -0.05) is 91.6 Å². The van der Waals surface area contributed by atoms with Crippen LogP contribution in [-0.4, -0.2) is 8.07 Å². The van der Waals surface area contributed by atoms with Gasteiger partial charge in [0.15, 0.2) is 0 Å². The molecule has 3 aromatic rings. The van der Waals surface area contributed by atoms with Gasteiger partial charge in [0.1, 0.15) is 0 Å². The maximum atomic E-state index is 6.19. The van der Waals surface area contributed by atoms with Crippen LogP contribution in [0, 0.1) is 0 Å². The highest BCUT2D eigenvalue weighted by atomic mass is 28.3. The molecule has 0 atom stereocenters. The van der Waals surface area contributed by atoms with E-state index in [1.807, 2.05) is 18.2 Å². The summed E-state index contributed by atoms with van der Waals surface area (Å²) in [6.45, 7) is 7.13. The SMILES string of the molecule is C[Si](C)(C)c1ccc(-c2ccccc2-c2ccccc2N)cc1. The van der Waals surface area contributed by atoms with Crippen molar-refractivity contribution < 1.29 is 0 Å². The van der Waals surface area contributed by atoms with Crippen LogP contribution in [0.5, 0.6) is 0 Å². The molecule has 3 aromatic carbocycles. The molecule has 1 nitrogen and oxygen atoms in total. The van der Waals surface area contributed by atoms with E-state index in [0.717, 1.165) is 11.3 Å². The summed E-state index contributed by atoms with van der Waals surface area (Å²) >= 11 is 0. The van der Waals surface area contributed by atoms with Crippen LogP contribution in [0.2, 0.25) is 19.6 Å². The molecule has 3 rings (SSSR count). The number of nitrogen functional groups attached to an aromatic ring is 1. The monoisotopic (exact) mass is 317 g/mol. The molecule has 0 aliphatic carbocycles. The van der Waals surface area contributed by atoms with Crippen LogP contribution in [-0.2, 0) is 0 Å². The lowest BCUT2D eigenvalue weighted by molar-refractivity contribution is 1.58. The molecule has 0 radical (unpaired) electrons. The summed E-state index contributed by atoms with van der Waals surface area (Å²) in [6, 6.07) is 25.6. The highest BCUT2D eigenvalue weighted by molar-refractivity contribution is 6.88. The standard InChI is InChI=1S/C21H23NSi/c1-23(2,3)17-14-12-16(13-15-17)18-8-4-5-9-19(18)20-10-6-7-11-21(20)22/h4-15H,22H2,1-3H3. The van der Waals surface area contributed by atoms with Crippen molar-refractivity contribution in [1.29, 1.82) is 0 Å². The summed E-state index contributed by atoms with van der Waals surface area (Å²) in [7, 11) is -1.26. The zero-order valence-electron chi connectivity index (χ0n) is 14.0. The van der Waals surface area contributed by atoms with E-state index in [9.17, 15) is 0 Å². The summed E-state index contributed by atoms with van der Waals surface area (Å²) in [5, 5.41) is 1.48. The minimum atomic E-state index is -1.26. The van der Waals surface area contributed by atoms with Gasteiger partial charge in [-0.05, 0) is 22.8 Å². The Bertz CT molecular complexity index is 814. The Morgan fingerprint density at radius 1 is 0.609 bits per heavy atom. The normalized spacial score (nSPS) is 11.4. The third kappa shape index (κ3) is 3.22. The lowest BCUT2D eigenvalue weighted by Gasteiger charge is -2.17. The van der Waals surface area contributed by atoms with E-state index in [1.165, 1.54) is 21.9 Å². The lowest BCUT2D eigenvalue weighted by Crippen LogP contribution is -2.37. The Hall–Kier alpha value is -2.32. The van der Waals surface area contributed by atoms with Crippen molar-refractivity contribution in [1.82, 2.24) is 0 Å². The molecule has 0 aromatic heterocycles. The minimum Gasteiger partial charge on any atom is -0.398 e. The first-order valence-corrected chi connectivity index (χ1v) is 11.5. The quantitative estimate of drug-likeness (QED) is 0.525. The topological polar surface area (TPSA) is 26.0 Å². The zero-order valence-corrected chi connectivity index (χ0v) is 15.0. The fraction of sp³-hybridized carbons (Fsp3) is 0.143. The van der Waals surface area contributed by atoms with Crippen molar-refractivity contribution in [2.75, 3.05) is 5.73 Å². The maximum absolute atomic E-state index is 6.19. The third-order valence-electron chi connectivity index (χ3n) is 4.24. The molecule has 0 fully saturated rings. The van der Waals surface area contributed by atoms with Crippen molar-refractivity contribution in [3.63, 3.8) is 0 Å². The second-order valence-electron chi connectivity index (χ2n) is 6.96. The molecule has 2 heteroatoms. The highest BCUT2D eigenvalue weighted by Crippen LogP contribution is 2.34. The van der Waals surface area contributed by atoms with Gasteiger partial charge < -0.3 is 5.73 Å². The van der Waals surface area contributed by atoms with Crippen LogP contribution >= 0.6 is 0 Å². The molecule has 0 aliphatic rings. The number of para-hydroxylation sites is 1. The second-order valence-corrected chi connectivity index (χ2v) is 12.0. The first kappa shape index (κ1) is 15.6. The summed E-state index contributed by atoms with van der Waals surface area (Å²) in [5.41, 5.74) is 11.8. The van der Waals surface area contributed by atoms with Gasteiger partial charge >= 0.3 is 0 Å². The average Bonchev–Trinajstić information content (AvgIpc) is 2.55. The van der Waals surface area contributed by atoms with E-state index in [2.05, 4.69) is 74.2 Å². The molecule has 0 unspecified atom stereocenters. The second kappa shape index (κ2) is 6.05. The van der Waals surface area contributed by atoms with Crippen molar-refractivity contribution in [3.8, 4) is 22.3 Å². The average molecular weight is 318 g/mol. The fourth-order valence-electron chi connectivity index (χ4n) is 2.86. The Labute approximate surface area is 139 Å². The van der Waals surface area contributed by atoms with Gasteiger partial charge in [0.25, 0.3) is 0 Å². The largest absolute Gasteiger partial charge is 0.398 e. The lowest BCUT2D eigenvalue weighted by atomic mass is 9.94. The first-order valence-electron chi connectivity index (χ1n) is 8.01. The maximum Gasteiger partial charge on any atom is 0.0775 e. The van der Waals surface area contributed by atoms with E-state index in [0.29, 0.717) is 0 Å². The molecular formula is C21H23NSi. The van der Waals surface area contributed by atoms with Crippen molar-refractivity contribution >= 4 is 18.9 Å². The Morgan fingerprint density at radius 2 is 1.13 bits per heavy atom. The molecule has 116 valence electrons. The van der Waals surface area contributed by atoms with E-state index in [1.54, 1.807) is 0 Å². The summed E-state index contributed by atoms with van der Waals surface area (Å²) < 4.78 is 0. The van der Waals surface area contributed by atoms with Crippen LogP contribution in [0.3, 0.4) is 0 Å². The minimum absolute atomic E-state index is 0.818. The molecule has 23 heavy (non-hydrogen) atoms. The molecule has 2 N–H and O–H groups in total. The van der Waals surface area contributed by atoms with Gasteiger partial charge in [0.2, 0.25) is 0 Å². The fourth-order valence-corrected chi connectivity index (χ4v) is 4.03. The van der Waals surface area contributed by atoms with Gasteiger partial charge in [-0.25, -0.2) is 0 Å². The first-order chi connectivity index (χ1) is 11.0. The molecule has 0 aliphatic heterocycles. The van der Waals surface area contributed by atoms with Gasteiger partial charge in [-0.2, -0.15) is 0 Å². The molecule has 0 spiro atoms. The van der Waals surface area contributed by atoms with Gasteiger partial charge in [-0.3, -0.25) is 0 Å². The smallest absolute Gasteiger partial charge is 0.0775 e.